The van der Waals surface area contributed by atoms with Gasteiger partial charge in [0.15, 0.2) is 0 Å². The van der Waals surface area contributed by atoms with Gasteiger partial charge in [0.25, 0.3) is 0 Å². The van der Waals surface area contributed by atoms with Gasteiger partial charge in [-0.2, -0.15) is 0 Å². The van der Waals surface area contributed by atoms with E-state index in [9.17, 15) is 0 Å². The Morgan fingerprint density at radius 3 is 2.80 bits per heavy atom. The number of aromatic nitrogens is 3. The smallest absolute Gasteiger partial charge is 0.124 e. The molecule has 0 saturated carbocycles. The van der Waals surface area contributed by atoms with Crippen LogP contribution in [0.5, 0.6) is 0 Å². The van der Waals surface area contributed by atoms with Crippen molar-refractivity contribution in [1.82, 2.24) is 14.5 Å². The summed E-state index contributed by atoms with van der Waals surface area (Å²) in [6, 6.07) is 9.74. The molecule has 0 aliphatic carbocycles. The van der Waals surface area contributed by atoms with Gasteiger partial charge in [-0.25, -0.2) is 4.98 Å². The van der Waals surface area contributed by atoms with E-state index >= 15 is 0 Å². The summed E-state index contributed by atoms with van der Waals surface area (Å²) in [4.78, 5) is 8.67. The van der Waals surface area contributed by atoms with E-state index in [0.29, 0.717) is 10.9 Å². The van der Waals surface area contributed by atoms with E-state index in [-0.39, 0.29) is 0 Å². The number of fused-ring (bicyclic) bond motifs is 1. The van der Waals surface area contributed by atoms with E-state index in [1.54, 1.807) is 6.20 Å². The van der Waals surface area contributed by atoms with E-state index in [0.717, 1.165) is 29.8 Å². The molecular formula is C15H13Cl2N3. The molecule has 0 aliphatic heterocycles. The molecule has 0 radical (unpaired) electrons. The number of alkyl halides is 1. The van der Waals surface area contributed by atoms with Gasteiger partial charge in [-0.15, -0.1) is 11.6 Å². The van der Waals surface area contributed by atoms with Crippen LogP contribution in [0.4, 0.5) is 0 Å². The maximum atomic E-state index is 6.30. The van der Waals surface area contributed by atoms with Gasteiger partial charge >= 0.3 is 0 Å². The van der Waals surface area contributed by atoms with Crippen LogP contribution in [0.15, 0.2) is 42.7 Å². The highest BCUT2D eigenvalue weighted by Gasteiger charge is 2.12. The number of nitrogens with zero attached hydrogens (tertiary/aromatic N) is 3. The van der Waals surface area contributed by atoms with Crippen molar-refractivity contribution >= 4 is 34.2 Å². The van der Waals surface area contributed by atoms with Crippen LogP contribution in [-0.4, -0.2) is 14.5 Å². The maximum Gasteiger partial charge on any atom is 0.124 e. The second-order valence-electron chi connectivity index (χ2n) is 4.53. The summed E-state index contributed by atoms with van der Waals surface area (Å²) < 4.78 is 2.09. The lowest BCUT2D eigenvalue weighted by Crippen LogP contribution is -2.05. The molecule has 0 N–H and O–H groups in total. The molecule has 102 valence electrons. The summed E-state index contributed by atoms with van der Waals surface area (Å²) in [5, 5.41) is 0.706. The fraction of sp³-hybridized carbons (Fsp3) is 0.200. The quantitative estimate of drug-likeness (QED) is 0.680. The zero-order valence-electron chi connectivity index (χ0n) is 10.8. The van der Waals surface area contributed by atoms with Crippen molar-refractivity contribution < 1.29 is 0 Å². The van der Waals surface area contributed by atoms with Gasteiger partial charge in [-0.1, -0.05) is 23.7 Å². The second kappa shape index (κ2) is 5.81. The Labute approximate surface area is 127 Å². The number of para-hydroxylation sites is 1. The summed E-state index contributed by atoms with van der Waals surface area (Å²) in [6.07, 6.45) is 4.52. The van der Waals surface area contributed by atoms with Crippen molar-refractivity contribution in [3.63, 3.8) is 0 Å². The Balaban J connectivity index is 1.97. The van der Waals surface area contributed by atoms with Crippen LogP contribution >= 0.6 is 23.2 Å². The van der Waals surface area contributed by atoms with E-state index in [4.69, 9.17) is 23.2 Å². The minimum absolute atomic E-state index is 0.373. The second-order valence-corrected chi connectivity index (χ2v) is 5.21. The lowest BCUT2D eigenvalue weighted by Gasteiger charge is -2.08. The van der Waals surface area contributed by atoms with E-state index < -0.39 is 0 Å². The first-order valence-corrected chi connectivity index (χ1v) is 7.29. The first kappa shape index (κ1) is 13.4. The largest absolute Gasteiger partial charge is 0.325 e. The van der Waals surface area contributed by atoms with Gasteiger partial charge in [0, 0.05) is 18.9 Å². The molecule has 0 bridgehead atoms. The van der Waals surface area contributed by atoms with Gasteiger partial charge in [0.05, 0.1) is 21.9 Å². The van der Waals surface area contributed by atoms with Crippen molar-refractivity contribution in [2.45, 2.75) is 18.8 Å². The van der Waals surface area contributed by atoms with Gasteiger partial charge < -0.3 is 4.57 Å². The SMILES string of the molecule is ClCc1nc2cccc(Cl)c2n1CCc1cccnc1. The minimum atomic E-state index is 0.373. The highest BCUT2D eigenvalue weighted by atomic mass is 35.5. The van der Waals surface area contributed by atoms with Crippen LogP contribution in [0.1, 0.15) is 11.4 Å². The first-order chi connectivity index (χ1) is 9.79. The van der Waals surface area contributed by atoms with E-state index in [1.807, 2.05) is 30.5 Å². The molecule has 0 unspecified atom stereocenters. The molecule has 20 heavy (non-hydrogen) atoms. The van der Waals surface area contributed by atoms with Crippen molar-refractivity contribution in [2.75, 3.05) is 0 Å². The van der Waals surface area contributed by atoms with Crippen molar-refractivity contribution in [3.8, 4) is 0 Å². The fourth-order valence-corrected chi connectivity index (χ4v) is 2.80. The lowest BCUT2D eigenvalue weighted by molar-refractivity contribution is 0.686. The molecule has 0 atom stereocenters. The van der Waals surface area contributed by atoms with Crippen LogP contribution in [0.25, 0.3) is 11.0 Å². The van der Waals surface area contributed by atoms with Crippen molar-refractivity contribution in [1.29, 1.82) is 0 Å². The van der Waals surface area contributed by atoms with Crippen LogP contribution in [-0.2, 0) is 18.8 Å². The van der Waals surface area contributed by atoms with Gasteiger partial charge in [0.2, 0.25) is 0 Å². The van der Waals surface area contributed by atoms with Crippen LogP contribution in [0, 0.1) is 0 Å². The fourth-order valence-electron chi connectivity index (χ4n) is 2.32. The Morgan fingerprint density at radius 2 is 2.05 bits per heavy atom. The third-order valence-electron chi connectivity index (χ3n) is 3.26. The Hall–Kier alpha value is -1.58. The summed E-state index contributed by atoms with van der Waals surface area (Å²) in [5.41, 5.74) is 3.02. The Morgan fingerprint density at radius 1 is 1.15 bits per heavy atom. The number of hydrogen-bond acceptors (Lipinski definition) is 2. The third-order valence-corrected chi connectivity index (χ3v) is 3.81. The number of aryl methyl sites for hydroxylation is 2. The zero-order valence-corrected chi connectivity index (χ0v) is 12.3. The Kier molecular flexibility index (Phi) is 3.90. The topological polar surface area (TPSA) is 30.7 Å². The molecule has 3 nitrogen and oxygen atoms in total. The summed E-state index contributed by atoms with van der Waals surface area (Å²) in [5.74, 6) is 1.22. The van der Waals surface area contributed by atoms with Crippen LogP contribution < -0.4 is 0 Å². The number of pyridine rings is 1. The predicted molar refractivity (Wildman–Crippen MR) is 82.2 cm³/mol. The standard InChI is InChI=1S/C15H13Cl2N3/c16-9-14-19-13-5-1-4-12(17)15(13)20(14)8-6-11-3-2-7-18-10-11/h1-5,7,10H,6,8-9H2. The number of halogens is 2. The molecule has 5 heteroatoms. The molecule has 0 amide bonds. The molecular weight excluding hydrogens is 293 g/mol. The van der Waals surface area contributed by atoms with E-state index in [1.165, 1.54) is 5.56 Å². The normalized spacial score (nSPS) is 11.1. The Bertz CT molecular complexity index is 723. The molecule has 2 aromatic heterocycles. The number of imidazole rings is 1. The number of benzene rings is 1. The van der Waals surface area contributed by atoms with Crippen LogP contribution in [0.2, 0.25) is 5.02 Å². The third kappa shape index (κ3) is 2.51. The molecule has 1 aromatic carbocycles. The summed E-state index contributed by atoms with van der Waals surface area (Å²) in [6.45, 7) is 0.786. The molecule has 0 saturated heterocycles. The van der Waals surface area contributed by atoms with Crippen molar-refractivity contribution in [3.05, 3.63) is 59.1 Å². The van der Waals surface area contributed by atoms with Gasteiger partial charge in [-0.05, 0) is 30.2 Å². The molecule has 2 heterocycles. The molecule has 0 aliphatic rings. The monoisotopic (exact) mass is 305 g/mol. The highest BCUT2D eigenvalue weighted by molar-refractivity contribution is 6.35. The van der Waals surface area contributed by atoms with E-state index in [2.05, 4.69) is 20.6 Å². The maximum absolute atomic E-state index is 6.30. The number of rotatable bonds is 4. The first-order valence-electron chi connectivity index (χ1n) is 6.38. The average molecular weight is 306 g/mol. The molecule has 3 rings (SSSR count). The van der Waals surface area contributed by atoms with Gasteiger partial charge in [0.1, 0.15) is 5.82 Å². The highest BCUT2D eigenvalue weighted by Crippen LogP contribution is 2.25. The van der Waals surface area contributed by atoms with Crippen molar-refractivity contribution in [2.24, 2.45) is 0 Å². The number of hydrogen-bond donors (Lipinski definition) is 0. The predicted octanol–water partition coefficient (Wildman–Crippen LogP) is 4.07. The van der Waals surface area contributed by atoms with Gasteiger partial charge in [-0.3, -0.25) is 4.98 Å². The lowest BCUT2D eigenvalue weighted by atomic mass is 10.2. The molecule has 3 aromatic rings. The minimum Gasteiger partial charge on any atom is -0.325 e. The molecule has 0 fully saturated rings. The van der Waals surface area contributed by atoms with Crippen LogP contribution in [0.3, 0.4) is 0 Å². The summed E-state index contributed by atoms with van der Waals surface area (Å²) in [7, 11) is 0. The molecule has 0 spiro atoms. The zero-order chi connectivity index (χ0) is 13.9. The summed E-state index contributed by atoms with van der Waals surface area (Å²) >= 11 is 12.3. The average Bonchev–Trinajstić information content (AvgIpc) is 2.85.